The third kappa shape index (κ3) is 10.7. The van der Waals surface area contributed by atoms with Crippen LogP contribution in [0.25, 0.3) is 0 Å². The summed E-state index contributed by atoms with van der Waals surface area (Å²) in [5.41, 5.74) is 5.28. The average Bonchev–Trinajstić information content (AvgIpc) is 1.35. The van der Waals surface area contributed by atoms with Gasteiger partial charge < -0.3 is 10.5 Å². The topological polar surface area (TPSA) is 35.2 Å². The fourth-order valence-corrected chi connectivity index (χ4v) is 0.263. The monoisotopic (exact) mass is 125 g/mol. The third-order valence-corrected chi connectivity index (χ3v) is 0.430. The maximum Gasteiger partial charge on any atom is 0.0611 e. The van der Waals surface area contributed by atoms with Crippen molar-refractivity contribution in [3.8, 4) is 0 Å². The van der Waals surface area contributed by atoms with Gasteiger partial charge in [-0.3, -0.25) is 0 Å². The zero-order chi connectivity index (χ0) is 4.99. The van der Waals surface area contributed by atoms with Crippen LogP contribution in [0.4, 0.5) is 0 Å². The largest absolute Gasteiger partial charge is 0.383 e. The van der Waals surface area contributed by atoms with E-state index in [0.717, 1.165) is 0 Å². The average molecular weight is 126 g/mol. The molecule has 0 aromatic heterocycles. The van der Waals surface area contributed by atoms with Crippen LogP contribution in [-0.4, -0.2) is 19.8 Å². The highest BCUT2D eigenvalue weighted by Crippen LogP contribution is 1.71. The van der Waals surface area contributed by atoms with Crippen LogP contribution < -0.4 is 5.73 Å². The Morgan fingerprint density at radius 1 is 1.71 bits per heavy atom. The van der Waals surface area contributed by atoms with E-state index in [1.165, 1.54) is 0 Å². The van der Waals surface area contributed by atoms with Gasteiger partial charge in [0, 0.05) is 13.2 Å². The Labute approximate surface area is 50.4 Å². The number of hydrogen-bond acceptors (Lipinski definition) is 2. The summed E-state index contributed by atoms with van der Waals surface area (Å²) < 4.78 is 4.68. The molecule has 0 saturated carbocycles. The smallest absolute Gasteiger partial charge is 0.0611 e. The number of ether oxygens (including phenoxy) is 1. The minimum Gasteiger partial charge on any atom is -0.383 e. The second-order valence-electron chi connectivity index (χ2n) is 1.43. The molecular weight excluding hydrogens is 114 g/mol. The highest BCUT2D eigenvalue weighted by molar-refractivity contribution is 5.85. The van der Waals surface area contributed by atoms with Gasteiger partial charge in [0.25, 0.3) is 0 Å². The summed E-state index contributed by atoms with van der Waals surface area (Å²) in [6.07, 6.45) is 0. The molecule has 0 saturated heterocycles. The van der Waals surface area contributed by atoms with Crippen LogP contribution >= 0.6 is 12.4 Å². The molecule has 0 aliphatic heterocycles. The minimum atomic E-state index is 0. The number of halogens is 1. The van der Waals surface area contributed by atoms with Crippen LogP contribution in [0.3, 0.4) is 0 Å². The molecule has 1 atom stereocenters. The Morgan fingerprint density at radius 3 is 2.14 bits per heavy atom. The molecule has 0 spiro atoms. The van der Waals surface area contributed by atoms with E-state index in [1.807, 2.05) is 6.92 Å². The lowest BCUT2D eigenvalue weighted by Gasteiger charge is -1.98. The van der Waals surface area contributed by atoms with Crippen LogP contribution in [0.2, 0.25) is 0 Å². The molecule has 7 heavy (non-hydrogen) atoms. The molecule has 0 radical (unpaired) electrons. The summed E-state index contributed by atoms with van der Waals surface area (Å²) in [5, 5.41) is 0. The fourth-order valence-electron chi connectivity index (χ4n) is 0.263. The summed E-state index contributed by atoms with van der Waals surface area (Å²) in [6, 6.07) is 0.176. The molecule has 0 amide bonds. The number of methoxy groups -OCH3 is 1. The number of rotatable bonds is 2. The number of nitrogens with two attached hydrogens (primary N) is 1. The van der Waals surface area contributed by atoms with Crippen LogP contribution in [0.1, 0.15) is 6.92 Å². The molecule has 0 aromatic rings. The summed E-state index contributed by atoms with van der Waals surface area (Å²) in [5.74, 6) is 0. The van der Waals surface area contributed by atoms with Gasteiger partial charge in [-0.15, -0.1) is 12.4 Å². The first-order valence-corrected chi connectivity index (χ1v) is 2.02. The fraction of sp³-hybridized carbons (Fsp3) is 1.00. The Hall–Kier alpha value is 0.210. The van der Waals surface area contributed by atoms with Gasteiger partial charge >= 0.3 is 0 Å². The lowest BCUT2D eigenvalue weighted by molar-refractivity contribution is 0.185. The molecule has 0 heterocycles. The first-order valence-electron chi connectivity index (χ1n) is 2.02. The van der Waals surface area contributed by atoms with E-state index in [0.29, 0.717) is 6.61 Å². The summed E-state index contributed by atoms with van der Waals surface area (Å²) >= 11 is 0. The second kappa shape index (κ2) is 6.21. The standard InChI is InChI=1S/C4H11NO.ClH/c1-4(5)3-6-2;/h4H,3,5H2,1-2H3;1H. The van der Waals surface area contributed by atoms with Gasteiger partial charge in [-0.25, -0.2) is 0 Å². The van der Waals surface area contributed by atoms with E-state index < -0.39 is 0 Å². The first-order chi connectivity index (χ1) is 2.77. The molecule has 3 heteroatoms. The van der Waals surface area contributed by atoms with Gasteiger partial charge in [0.1, 0.15) is 0 Å². The van der Waals surface area contributed by atoms with Crippen LogP contribution in [0, 0.1) is 0 Å². The van der Waals surface area contributed by atoms with E-state index in [-0.39, 0.29) is 18.4 Å². The molecule has 0 bridgehead atoms. The van der Waals surface area contributed by atoms with Crippen molar-refractivity contribution in [1.82, 2.24) is 0 Å². The predicted octanol–water partition coefficient (Wildman–Crippen LogP) is 0.402. The molecule has 0 aliphatic carbocycles. The maximum absolute atomic E-state index is 5.28. The van der Waals surface area contributed by atoms with Gasteiger partial charge in [-0.1, -0.05) is 0 Å². The quantitative estimate of drug-likeness (QED) is 0.580. The normalized spacial score (nSPS) is 12.4. The van der Waals surface area contributed by atoms with Crippen molar-refractivity contribution in [2.24, 2.45) is 5.73 Å². The molecular formula is C4H12ClNO. The highest BCUT2D eigenvalue weighted by Gasteiger charge is 1.85. The van der Waals surface area contributed by atoms with Crippen molar-refractivity contribution >= 4 is 12.4 Å². The molecule has 0 rings (SSSR count). The maximum atomic E-state index is 5.28. The molecule has 0 aliphatic rings. The summed E-state index contributed by atoms with van der Waals surface area (Å²) in [4.78, 5) is 0. The van der Waals surface area contributed by atoms with Crippen LogP contribution in [0.5, 0.6) is 0 Å². The SMILES string of the molecule is COCC(C)N.Cl. The van der Waals surface area contributed by atoms with E-state index in [9.17, 15) is 0 Å². The van der Waals surface area contributed by atoms with Crippen molar-refractivity contribution in [2.75, 3.05) is 13.7 Å². The lowest BCUT2D eigenvalue weighted by atomic mass is 10.4. The van der Waals surface area contributed by atoms with Crippen molar-refractivity contribution in [2.45, 2.75) is 13.0 Å². The highest BCUT2D eigenvalue weighted by atomic mass is 35.5. The summed E-state index contributed by atoms with van der Waals surface area (Å²) in [6.45, 7) is 2.56. The third-order valence-electron chi connectivity index (χ3n) is 0.430. The van der Waals surface area contributed by atoms with Crippen molar-refractivity contribution < 1.29 is 4.74 Å². The number of hydrogen-bond donors (Lipinski definition) is 1. The van der Waals surface area contributed by atoms with Gasteiger partial charge in [0.15, 0.2) is 0 Å². The van der Waals surface area contributed by atoms with Crippen molar-refractivity contribution in [3.63, 3.8) is 0 Å². The van der Waals surface area contributed by atoms with Crippen LogP contribution in [-0.2, 0) is 4.74 Å². The molecule has 0 aromatic carbocycles. The Kier molecular flexibility index (Phi) is 9.09. The first kappa shape index (κ1) is 10.2. The Balaban J connectivity index is 0. The van der Waals surface area contributed by atoms with E-state index in [4.69, 9.17) is 5.73 Å². The molecule has 2 N–H and O–H groups in total. The predicted molar refractivity (Wildman–Crippen MR) is 32.8 cm³/mol. The zero-order valence-corrected chi connectivity index (χ0v) is 5.49. The van der Waals surface area contributed by atoms with Gasteiger partial charge in [-0.05, 0) is 6.92 Å². The van der Waals surface area contributed by atoms with Gasteiger partial charge in [-0.2, -0.15) is 0 Å². The van der Waals surface area contributed by atoms with Crippen molar-refractivity contribution in [1.29, 1.82) is 0 Å². The lowest BCUT2D eigenvalue weighted by Crippen LogP contribution is -2.20. The molecule has 46 valence electrons. The van der Waals surface area contributed by atoms with Crippen LogP contribution in [0.15, 0.2) is 0 Å². The minimum absolute atomic E-state index is 0. The van der Waals surface area contributed by atoms with E-state index in [2.05, 4.69) is 4.74 Å². The van der Waals surface area contributed by atoms with Gasteiger partial charge in [0.05, 0.1) is 6.61 Å². The molecule has 2 nitrogen and oxygen atoms in total. The summed E-state index contributed by atoms with van der Waals surface area (Å²) in [7, 11) is 1.64. The Morgan fingerprint density at radius 2 is 2.14 bits per heavy atom. The second-order valence-corrected chi connectivity index (χ2v) is 1.43. The Bertz CT molecular complexity index is 32.9. The molecule has 1 unspecified atom stereocenters. The van der Waals surface area contributed by atoms with Gasteiger partial charge in [0.2, 0.25) is 0 Å². The zero-order valence-electron chi connectivity index (χ0n) is 4.68. The molecule has 0 fully saturated rings. The van der Waals surface area contributed by atoms with Crippen molar-refractivity contribution in [3.05, 3.63) is 0 Å². The van der Waals surface area contributed by atoms with E-state index in [1.54, 1.807) is 7.11 Å². The van der Waals surface area contributed by atoms with E-state index >= 15 is 0 Å².